The van der Waals surface area contributed by atoms with E-state index in [2.05, 4.69) is 19.8 Å². The molecular formula is C19H18Cl2N4O. The van der Waals surface area contributed by atoms with Crippen molar-refractivity contribution in [1.29, 1.82) is 0 Å². The van der Waals surface area contributed by atoms with E-state index in [1.54, 1.807) is 12.5 Å². The quantitative estimate of drug-likeness (QED) is 0.663. The minimum Gasteiger partial charge on any atom is -0.444 e. The molecule has 1 saturated heterocycles. The first kappa shape index (κ1) is 17.3. The third-order valence-electron chi connectivity index (χ3n) is 4.42. The SMILES string of the molecule is Clc1ccc(N2CCN(Cc3coc(-c4cccc(Cl)c4)n3)CC2)nc1. The highest BCUT2D eigenvalue weighted by atomic mass is 35.5. The molecule has 3 aromatic rings. The molecule has 0 aliphatic carbocycles. The Bertz CT molecular complexity index is 873. The lowest BCUT2D eigenvalue weighted by molar-refractivity contribution is 0.246. The molecule has 26 heavy (non-hydrogen) atoms. The molecule has 1 aromatic carbocycles. The summed E-state index contributed by atoms with van der Waals surface area (Å²) in [5.41, 5.74) is 1.82. The van der Waals surface area contributed by atoms with E-state index in [9.17, 15) is 0 Å². The van der Waals surface area contributed by atoms with Gasteiger partial charge < -0.3 is 9.32 Å². The molecule has 0 unspecified atom stereocenters. The van der Waals surface area contributed by atoms with Gasteiger partial charge in [-0.25, -0.2) is 9.97 Å². The van der Waals surface area contributed by atoms with Gasteiger partial charge in [0.1, 0.15) is 12.1 Å². The zero-order valence-corrected chi connectivity index (χ0v) is 15.6. The summed E-state index contributed by atoms with van der Waals surface area (Å²) in [4.78, 5) is 13.6. The van der Waals surface area contributed by atoms with Crippen LogP contribution < -0.4 is 4.90 Å². The maximum Gasteiger partial charge on any atom is 0.226 e. The molecule has 5 nitrogen and oxygen atoms in total. The van der Waals surface area contributed by atoms with Crippen molar-refractivity contribution >= 4 is 29.0 Å². The Labute approximate surface area is 162 Å². The van der Waals surface area contributed by atoms with Gasteiger partial charge in [-0.05, 0) is 30.3 Å². The first-order valence-electron chi connectivity index (χ1n) is 8.46. The fourth-order valence-corrected chi connectivity index (χ4v) is 3.36. The molecule has 2 aromatic heterocycles. The summed E-state index contributed by atoms with van der Waals surface area (Å²) in [5.74, 6) is 1.57. The first-order chi connectivity index (χ1) is 12.7. The predicted octanol–water partition coefficient (Wildman–Crippen LogP) is 4.37. The highest BCUT2D eigenvalue weighted by molar-refractivity contribution is 6.31. The number of anilines is 1. The van der Waals surface area contributed by atoms with E-state index in [1.807, 2.05) is 36.4 Å². The number of oxazole rings is 1. The van der Waals surface area contributed by atoms with Gasteiger partial charge >= 0.3 is 0 Å². The Kier molecular flexibility index (Phi) is 5.11. The standard InChI is InChI=1S/C19H18Cl2N4O/c20-15-3-1-2-14(10-15)19-23-17(13-26-19)12-24-6-8-25(9-7-24)18-5-4-16(21)11-22-18/h1-5,10-11,13H,6-9,12H2. The molecule has 0 spiro atoms. The number of pyridine rings is 1. The summed E-state index contributed by atoms with van der Waals surface area (Å²) in [6.45, 7) is 4.51. The van der Waals surface area contributed by atoms with Gasteiger partial charge in [-0.15, -0.1) is 0 Å². The number of aromatic nitrogens is 2. The average Bonchev–Trinajstić information content (AvgIpc) is 3.12. The van der Waals surface area contributed by atoms with Crippen molar-refractivity contribution in [3.63, 3.8) is 0 Å². The Morgan fingerprint density at radius 2 is 1.85 bits per heavy atom. The maximum atomic E-state index is 6.04. The highest BCUT2D eigenvalue weighted by Gasteiger charge is 2.19. The van der Waals surface area contributed by atoms with Crippen LogP contribution in [0.1, 0.15) is 5.69 Å². The van der Waals surface area contributed by atoms with Crippen molar-refractivity contribution in [3.05, 3.63) is 64.6 Å². The van der Waals surface area contributed by atoms with Crippen LogP contribution in [0.25, 0.3) is 11.5 Å². The van der Waals surface area contributed by atoms with E-state index in [4.69, 9.17) is 27.6 Å². The molecule has 1 fully saturated rings. The maximum absolute atomic E-state index is 6.04. The summed E-state index contributed by atoms with van der Waals surface area (Å²) in [6, 6.07) is 11.4. The number of rotatable bonds is 4. The topological polar surface area (TPSA) is 45.4 Å². The second-order valence-electron chi connectivity index (χ2n) is 6.25. The molecular weight excluding hydrogens is 371 g/mol. The minimum absolute atomic E-state index is 0.603. The van der Waals surface area contributed by atoms with Gasteiger partial charge in [0, 0.05) is 49.5 Å². The van der Waals surface area contributed by atoms with Gasteiger partial charge in [-0.2, -0.15) is 0 Å². The molecule has 3 heterocycles. The summed E-state index contributed by atoms with van der Waals surface area (Å²) in [6.07, 6.45) is 3.42. The molecule has 1 aliphatic heterocycles. The van der Waals surface area contributed by atoms with Crippen LogP contribution in [0.5, 0.6) is 0 Å². The van der Waals surface area contributed by atoms with Gasteiger partial charge in [0.2, 0.25) is 5.89 Å². The Hall–Kier alpha value is -2.08. The Balaban J connectivity index is 1.35. The van der Waals surface area contributed by atoms with Crippen LogP contribution in [0.3, 0.4) is 0 Å². The zero-order valence-electron chi connectivity index (χ0n) is 14.1. The first-order valence-corrected chi connectivity index (χ1v) is 9.22. The van der Waals surface area contributed by atoms with Crippen LogP contribution >= 0.6 is 23.2 Å². The molecule has 0 N–H and O–H groups in total. The number of halogens is 2. The van der Waals surface area contributed by atoms with E-state index in [0.717, 1.165) is 49.8 Å². The Morgan fingerprint density at radius 1 is 1.00 bits per heavy atom. The van der Waals surface area contributed by atoms with Gasteiger partial charge in [0.05, 0.1) is 10.7 Å². The summed E-state index contributed by atoms with van der Waals surface area (Å²) in [7, 11) is 0. The second-order valence-corrected chi connectivity index (χ2v) is 7.13. The molecule has 7 heteroatoms. The molecule has 0 atom stereocenters. The minimum atomic E-state index is 0.603. The largest absolute Gasteiger partial charge is 0.444 e. The third-order valence-corrected chi connectivity index (χ3v) is 4.88. The lowest BCUT2D eigenvalue weighted by atomic mass is 10.2. The molecule has 0 bridgehead atoms. The fraction of sp³-hybridized carbons (Fsp3) is 0.263. The van der Waals surface area contributed by atoms with Crippen molar-refractivity contribution in [3.8, 4) is 11.5 Å². The zero-order chi connectivity index (χ0) is 17.9. The normalized spacial score (nSPS) is 15.4. The van der Waals surface area contributed by atoms with Gasteiger partial charge in [-0.1, -0.05) is 29.3 Å². The number of hydrogen-bond donors (Lipinski definition) is 0. The van der Waals surface area contributed by atoms with Gasteiger partial charge in [0.15, 0.2) is 0 Å². The number of piperazine rings is 1. The lowest BCUT2D eigenvalue weighted by Gasteiger charge is -2.34. The van der Waals surface area contributed by atoms with E-state index in [1.165, 1.54) is 0 Å². The van der Waals surface area contributed by atoms with Crippen LogP contribution in [-0.2, 0) is 6.54 Å². The molecule has 134 valence electrons. The van der Waals surface area contributed by atoms with Crippen LogP contribution in [0.4, 0.5) is 5.82 Å². The van der Waals surface area contributed by atoms with E-state index < -0.39 is 0 Å². The van der Waals surface area contributed by atoms with E-state index >= 15 is 0 Å². The number of benzene rings is 1. The third kappa shape index (κ3) is 4.01. The molecule has 4 rings (SSSR count). The van der Waals surface area contributed by atoms with Gasteiger partial charge in [0.25, 0.3) is 0 Å². The monoisotopic (exact) mass is 388 g/mol. The molecule has 0 radical (unpaired) electrons. The van der Waals surface area contributed by atoms with E-state index in [-0.39, 0.29) is 0 Å². The van der Waals surface area contributed by atoms with Gasteiger partial charge in [-0.3, -0.25) is 4.90 Å². The Morgan fingerprint density at radius 3 is 2.58 bits per heavy atom. The fourth-order valence-electron chi connectivity index (χ4n) is 3.05. The summed E-state index contributed by atoms with van der Waals surface area (Å²) < 4.78 is 5.62. The summed E-state index contributed by atoms with van der Waals surface area (Å²) >= 11 is 11.9. The van der Waals surface area contributed by atoms with Crippen molar-refractivity contribution in [1.82, 2.24) is 14.9 Å². The van der Waals surface area contributed by atoms with E-state index in [0.29, 0.717) is 15.9 Å². The molecule has 1 aliphatic rings. The number of hydrogen-bond acceptors (Lipinski definition) is 5. The second kappa shape index (κ2) is 7.66. The predicted molar refractivity (Wildman–Crippen MR) is 104 cm³/mol. The van der Waals surface area contributed by atoms with Crippen LogP contribution in [0.2, 0.25) is 10.0 Å². The molecule has 0 amide bonds. The summed E-state index contributed by atoms with van der Waals surface area (Å²) in [5, 5.41) is 1.34. The van der Waals surface area contributed by atoms with Crippen molar-refractivity contribution in [2.24, 2.45) is 0 Å². The smallest absolute Gasteiger partial charge is 0.226 e. The van der Waals surface area contributed by atoms with Crippen LogP contribution in [0, 0.1) is 0 Å². The molecule has 0 saturated carbocycles. The lowest BCUT2D eigenvalue weighted by Crippen LogP contribution is -2.46. The van der Waals surface area contributed by atoms with Crippen molar-refractivity contribution in [2.45, 2.75) is 6.54 Å². The van der Waals surface area contributed by atoms with Crippen LogP contribution in [-0.4, -0.2) is 41.0 Å². The highest BCUT2D eigenvalue weighted by Crippen LogP contribution is 2.23. The van der Waals surface area contributed by atoms with Crippen molar-refractivity contribution < 1.29 is 4.42 Å². The van der Waals surface area contributed by atoms with Crippen LogP contribution in [0.15, 0.2) is 53.3 Å². The average molecular weight is 389 g/mol. The number of nitrogens with zero attached hydrogens (tertiary/aromatic N) is 4. The van der Waals surface area contributed by atoms with Crippen molar-refractivity contribution in [2.75, 3.05) is 31.1 Å².